The maximum Gasteiger partial charge on any atom is 0.410 e. The maximum atomic E-state index is 12.6. The van der Waals surface area contributed by atoms with E-state index in [4.69, 9.17) is 9.47 Å². The lowest BCUT2D eigenvalue weighted by molar-refractivity contribution is -0.169. The number of hydrogen-bond acceptors (Lipinski definition) is 5. The van der Waals surface area contributed by atoms with Crippen LogP contribution in [-0.4, -0.2) is 48.0 Å². The summed E-state index contributed by atoms with van der Waals surface area (Å²) in [5, 5.41) is 0. The second-order valence-electron chi connectivity index (χ2n) is 7.12. The van der Waals surface area contributed by atoms with Crippen LogP contribution in [0.2, 0.25) is 0 Å². The van der Waals surface area contributed by atoms with Crippen molar-refractivity contribution in [3.8, 4) is 0 Å². The first-order valence-corrected chi connectivity index (χ1v) is 7.89. The Kier molecular flexibility index (Phi) is 4.49. The van der Waals surface area contributed by atoms with Gasteiger partial charge in [0.15, 0.2) is 5.78 Å². The van der Waals surface area contributed by atoms with E-state index in [1.807, 2.05) is 0 Å². The van der Waals surface area contributed by atoms with Crippen molar-refractivity contribution in [2.24, 2.45) is 11.3 Å². The highest BCUT2D eigenvalue weighted by Crippen LogP contribution is 2.42. The molecule has 1 saturated heterocycles. The molecule has 2 atom stereocenters. The van der Waals surface area contributed by atoms with Gasteiger partial charge in [-0.3, -0.25) is 9.59 Å². The molecule has 0 aromatic rings. The van der Waals surface area contributed by atoms with E-state index < -0.39 is 23.1 Å². The van der Waals surface area contributed by atoms with Gasteiger partial charge < -0.3 is 14.4 Å². The first-order valence-electron chi connectivity index (χ1n) is 7.89. The van der Waals surface area contributed by atoms with E-state index in [1.165, 1.54) is 4.90 Å². The summed E-state index contributed by atoms with van der Waals surface area (Å²) in [5.41, 5.74) is -1.81. The smallest absolute Gasteiger partial charge is 0.410 e. The van der Waals surface area contributed by atoms with Gasteiger partial charge in [0.05, 0.1) is 6.61 Å². The highest BCUT2D eigenvalue weighted by atomic mass is 16.6. The van der Waals surface area contributed by atoms with E-state index in [-0.39, 0.29) is 24.9 Å². The summed E-state index contributed by atoms with van der Waals surface area (Å²) in [7, 11) is 0. The Morgan fingerprint density at radius 2 is 2.05 bits per heavy atom. The Morgan fingerprint density at radius 3 is 2.64 bits per heavy atom. The van der Waals surface area contributed by atoms with Crippen molar-refractivity contribution in [3.63, 3.8) is 0 Å². The molecule has 2 unspecified atom stereocenters. The van der Waals surface area contributed by atoms with Crippen LogP contribution in [0.5, 0.6) is 0 Å². The summed E-state index contributed by atoms with van der Waals surface area (Å²) in [4.78, 5) is 38.8. The molecule has 6 nitrogen and oxygen atoms in total. The van der Waals surface area contributed by atoms with Crippen LogP contribution in [-0.2, 0) is 19.1 Å². The number of hydrogen-bond donors (Lipinski definition) is 0. The van der Waals surface area contributed by atoms with Gasteiger partial charge in [0.25, 0.3) is 0 Å². The Balaban J connectivity index is 2.23. The van der Waals surface area contributed by atoms with E-state index in [9.17, 15) is 14.4 Å². The molecule has 2 aliphatic rings. The van der Waals surface area contributed by atoms with Crippen LogP contribution in [0.15, 0.2) is 0 Å². The normalized spacial score (nSPS) is 28.3. The third-order valence-corrected chi connectivity index (χ3v) is 4.22. The van der Waals surface area contributed by atoms with Crippen molar-refractivity contribution in [2.75, 3.05) is 19.7 Å². The molecule has 124 valence electrons. The molecule has 0 aromatic heterocycles. The molecule has 2 bridgehead atoms. The maximum absolute atomic E-state index is 12.6. The van der Waals surface area contributed by atoms with Gasteiger partial charge in [-0.1, -0.05) is 6.42 Å². The van der Waals surface area contributed by atoms with E-state index in [1.54, 1.807) is 27.7 Å². The second kappa shape index (κ2) is 5.89. The van der Waals surface area contributed by atoms with Gasteiger partial charge >= 0.3 is 12.1 Å². The standard InChI is InChI=1S/C16H25NO5/c1-5-21-13(19)16-8-6-7-11(12(16)18)9-17(10-16)14(20)22-15(2,3)4/h11H,5-10H2,1-4H3. The third-order valence-electron chi connectivity index (χ3n) is 4.22. The molecular formula is C16H25NO5. The SMILES string of the molecule is CCOC(=O)C12CCCC(CN(C(=O)OC(C)(C)C)C1)C2=O. The van der Waals surface area contributed by atoms with Crippen LogP contribution < -0.4 is 0 Å². The van der Waals surface area contributed by atoms with Gasteiger partial charge in [0, 0.05) is 19.0 Å². The lowest BCUT2D eigenvalue weighted by atomic mass is 9.65. The van der Waals surface area contributed by atoms with Crippen LogP contribution in [0.3, 0.4) is 0 Å². The zero-order valence-corrected chi connectivity index (χ0v) is 13.8. The number of nitrogens with zero attached hydrogens (tertiary/aromatic N) is 1. The number of fused-ring (bicyclic) bond motifs is 2. The minimum Gasteiger partial charge on any atom is -0.465 e. The van der Waals surface area contributed by atoms with Gasteiger partial charge in [-0.05, 0) is 40.5 Å². The predicted octanol–water partition coefficient (Wildman–Crippen LogP) is 2.16. The fourth-order valence-corrected chi connectivity index (χ4v) is 3.28. The van der Waals surface area contributed by atoms with Gasteiger partial charge in [-0.15, -0.1) is 0 Å². The Morgan fingerprint density at radius 1 is 1.36 bits per heavy atom. The number of carbonyl (C=O) groups is 3. The van der Waals surface area contributed by atoms with Crippen LogP contribution in [0.25, 0.3) is 0 Å². The van der Waals surface area contributed by atoms with Gasteiger partial charge in [-0.2, -0.15) is 0 Å². The van der Waals surface area contributed by atoms with Crippen molar-refractivity contribution >= 4 is 17.8 Å². The van der Waals surface area contributed by atoms with E-state index in [2.05, 4.69) is 0 Å². The topological polar surface area (TPSA) is 72.9 Å². The van der Waals surface area contributed by atoms with Gasteiger partial charge in [-0.25, -0.2) is 4.79 Å². The zero-order valence-electron chi connectivity index (χ0n) is 13.8. The van der Waals surface area contributed by atoms with Crippen LogP contribution in [0, 0.1) is 11.3 Å². The molecular weight excluding hydrogens is 286 g/mol. The molecule has 0 aromatic carbocycles. The zero-order chi connectivity index (χ0) is 16.5. The lowest BCUT2D eigenvalue weighted by Gasteiger charge is -2.46. The Bertz CT molecular complexity index is 481. The number of carbonyl (C=O) groups excluding carboxylic acids is 3. The Hall–Kier alpha value is -1.59. The molecule has 1 aliphatic carbocycles. The number of esters is 1. The van der Waals surface area contributed by atoms with E-state index in [0.717, 1.165) is 6.42 Å². The molecule has 22 heavy (non-hydrogen) atoms. The first kappa shape index (κ1) is 16.8. The highest BCUT2D eigenvalue weighted by Gasteiger charge is 2.56. The van der Waals surface area contributed by atoms with Crippen LogP contribution in [0.4, 0.5) is 4.79 Å². The number of rotatable bonds is 2. The highest BCUT2D eigenvalue weighted by molar-refractivity contribution is 6.06. The summed E-state index contributed by atoms with van der Waals surface area (Å²) < 4.78 is 10.5. The van der Waals surface area contributed by atoms with Crippen LogP contribution >= 0.6 is 0 Å². The fourth-order valence-electron chi connectivity index (χ4n) is 3.28. The molecule has 0 spiro atoms. The average molecular weight is 311 g/mol. The van der Waals surface area contributed by atoms with Crippen molar-refractivity contribution in [2.45, 2.75) is 52.6 Å². The van der Waals surface area contributed by atoms with E-state index >= 15 is 0 Å². The summed E-state index contributed by atoms with van der Waals surface area (Å²) in [6, 6.07) is 0. The third kappa shape index (κ3) is 3.10. The molecule has 2 rings (SSSR count). The molecule has 1 saturated carbocycles. The number of amides is 1. The molecule has 0 radical (unpaired) electrons. The number of piperidine rings is 1. The largest absolute Gasteiger partial charge is 0.465 e. The van der Waals surface area contributed by atoms with Crippen molar-refractivity contribution in [3.05, 3.63) is 0 Å². The number of ketones is 1. The molecule has 1 heterocycles. The molecule has 6 heteroatoms. The molecule has 0 N–H and O–H groups in total. The predicted molar refractivity (Wildman–Crippen MR) is 79.2 cm³/mol. The molecule has 2 fully saturated rings. The lowest BCUT2D eigenvalue weighted by Crippen LogP contribution is -2.61. The summed E-state index contributed by atoms with van der Waals surface area (Å²) >= 11 is 0. The van der Waals surface area contributed by atoms with E-state index in [0.29, 0.717) is 19.4 Å². The second-order valence-corrected chi connectivity index (χ2v) is 7.12. The number of likely N-dealkylation sites (tertiary alicyclic amines) is 1. The summed E-state index contributed by atoms with van der Waals surface area (Å²) in [6.07, 6.45) is 1.48. The quantitative estimate of drug-likeness (QED) is 0.577. The molecule has 1 amide bonds. The minimum absolute atomic E-state index is 0.0656. The fraction of sp³-hybridized carbons (Fsp3) is 0.812. The summed E-state index contributed by atoms with van der Waals surface area (Å²) in [5.74, 6) is -0.866. The van der Waals surface area contributed by atoms with Crippen molar-refractivity contribution < 1.29 is 23.9 Å². The van der Waals surface area contributed by atoms with Gasteiger partial charge in [0.2, 0.25) is 0 Å². The molecule has 1 aliphatic heterocycles. The van der Waals surface area contributed by atoms with Gasteiger partial charge in [0.1, 0.15) is 11.0 Å². The number of Topliss-reactive ketones (excluding diaryl/α,β-unsaturated/α-hetero) is 1. The Labute approximate surface area is 131 Å². The minimum atomic E-state index is -1.20. The first-order chi connectivity index (χ1) is 10.2. The van der Waals surface area contributed by atoms with Crippen molar-refractivity contribution in [1.82, 2.24) is 4.90 Å². The van der Waals surface area contributed by atoms with Crippen LogP contribution in [0.1, 0.15) is 47.0 Å². The average Bonchev–Trinajstić information content (AvgIpc) is 2.36. The number of ether oxygens (including phenoxy) is 2. The monoisotopic (exact) mass is 311 g/mol. The summed E-state index contributed by atoms with van der Waals surface area (Å²) in [6.45, 7) is 7.72. The van der Waals surface area contributed by atoms with Crippen molar-refractivity contribution in [1.29, 1.82) is 0 Å².